The topological polar surface area (TPSA) is 64.5 Å². The van der Waals surface area contributed by atoms with Gasteiger partial charge >= 0.3 is 0 Å². The first-order chi connectivity index (χ1) is 27.6. The van der Waals surface area contributed by atoms with Gasteiger partial charge in [0.05, 0.1) is 15.9 Å². The van der Waals surface area contributed by atoms with Crippen molar-refractivity contribution in [1.82, 2.24) is 24.9 Å². The van der Waals surface area contributed by atoms with Crippen LogP contribution in [0.4, 0.5) is 0 Å². The molecular formula is C49H33N5S2. The Balaban J connectivity index is 1.12. The molecule has 10 aromatic rings. The summed E-state index contributed by atoms with van der Waals surface area (Å²) in [6, 6.07) is 50.4. The summed E-state index contributed by atoms with van der Waals surface area (Å²) in [6.07, 6.45) is 4.67. The first kappa shape index (κ1) is 33.9. The van der Waals surface area contributed by atoms with Gasteiger partial charge in [-0.3, -0.25) is 0 Å². The van der Waals surface area contributed by atoms with Gasteiger partial charge in [0.2, 0.25) is 0 Å². The molecule has 0 aliphatic heterocycles. The molecule has 0 aliphatic carbocycles. The molecule has 0 saturated carbocycles. The van der Waals surface area contributed by atoms with Crippen LogP contribution in [0.2, 0.25) is 0 Å². The molecule has 0 N–H and O–H groups in total. The molecule has 0 aliphatic rings. The lowest BCUT2D eigenvalue weighted by Gasteiger charge is -2.13. The van der Waals surface area contributed by atoms with Crippen LogP contribution in [0.1, 0.15) is 18.0 Å². The van der Waals surface area contributed by atoms with Gasteiger partial charge in [0.1, 0.15) is 0 Å². The van der Waals surface area contributed by atoms with Crippen molar-refractivity contribution < 1.29 is 0 Å². The molecule has 0 bridgehead atoms. The summed E-state index contributed by atoms with van der Waals surface area (Å²) in [4.78, 5) is 25.7. The van der Waals surface area contributed by atoms with E-state index in [1.54, 1.807) is 22.7 Å². The minimum absolute atomic E-state index is 0.0354. The van der Waals surface area contributed by atoms with Crippen LogP contribution in [0.15, 0.2) is 171 Å². The predicted molar refractivity (Wildman–Crippen MR) is 236 cm³/mol. The SMILES string of the molecule is C=CCC(C=C)c1nc(-c2ccc3c(c2)sc2cccc(-c4nc(-c5ccccc5)nc(-c5ccc(-c6ccccc6)cc5)n4)c23)nc2c1sc1ccccc12. The smallest absolute Gasteiger partial charge is 0.164 e. The van der Waals surface area contributed by atoms with Crippen molar-refractivity contribution in [1.29, 1.82) is 0 Å². The number of benzene rings is 6. The normalized spacial score (nSPS) is 12.1. The lowest BCUT2D eigenvalue weighted by atomic mass is 10.00. The van der Waals surface area contributed by atoms with Crippen LogP contribution in [0.3, 0.4) is 0 Å². The largest absolute Gasteiger partial charge is 0.231 e. The zero-order valence-electron chi connectivity index (χ0n) is 30.3. The Morgan fingerprint density at radius 2 is 1.09 bits per heavy atom. The van der Waals surface area contributed by atoms with E-state index >= 15 is 0 Å². The summed E-state index contributed by atoms with van der Waals surface area (Å²) in [6.45, 7) is 8.18. The molecule has 4 heterocycles. The zero-order chi connectivity index (χ0) is 37.6. The van der Waals surface area contributed by atoms with Gasteiger partial charge in [0.15, 0.2) is 23.3 Å². The Morgan fingerprint density at radius 3 is 1.84 bits per heavy atom. The second-order valence-corrected chi connectivity index (χ2v) is 15.8. The van der Waals surface area contributed by atoms with Crippen LogP contribution < -0.4 is 0 Å². The fourth-order valence-corrected chi connectivity index (χ4v) is 9.79. The summed E-state index contributed by atoms with van der Waals surface area (Å²) in [5.41, 5.74) is 8.09. The number of allylic oxidation sites excluding steroid dienone is 2. The summed E-state index contributed by atoms with van der Waals surface area (Å²) < 4.78 is 4.60. The van der Waals surface area contributed by atoms with Crippen LogP contribution in [0.25, 0.3) is 97.2 Å². The van der Waals surface area contributed by atoms with Gasteiger partial charge < -0.3 is 0 Å². The van der Waals surface area contributed by atoms with Crippen molar-refractivity contribution in [2.45, 2.75) is 12.3 Å². The molecule has 266 valence electrons. The molecule has 0 amide bonds. The second-order valence-electron chi connectivity index (χ2n) is 13.7. The third-order valence-corrected chi connectivity index (χ3v) is 12.5. The van der Waals surface area contributed by atoms with Gasteiger partial charge in [0.25, 0.3) is 0 Å². The van der Waals surface area contributed by atoms with E-state index in [1.165, 1.54) is 10.3 Å². The maximum Gasteiger partial charge on any atom is 0.164 e. The second kappa shape index (κ2) is 14.2. The minimum atomic E-state index is 0.0354. The van der Waals surface area contributed by atoms with E-state index < -0.39 is 0 Å². The van der Waals surface area contributed by atoms with Gasteiger partial charge in [-0.15, -0.1) is 35.8 Å². The van der Waals surface area contributed by atoms with E-state index in [2.05, 4.69) is 122 Å². The fraction of sp³-hybridized carbons (Fsp3) is 0.0408. The molecular weight excluding hydrogens is 723 g/mol. The number of hydrogen-bond donors (Lipinski definition) is 0. The number of aromatic nitrogens is 5. The fourth-order valence-electron chi connectivity index (χ4n) is 7.43. The Kier molecular flexibility index (Phi) is 8.58. The van der Waals surface area contributed by atoms with Crippen molar-refractivity contribution in [3.8, 4) is 56.7 Å². The molecule has 4 aromatic heterocycles. The first-order valence-corrected chi connectivity index (χ1v) is 20.1. The monoisotopic (exact) mass is 755 g/mol. The van der Waals surface area contributed by atoms with Gasteiger partial charge in [0, 0.05) is 58.4 Å². The van der Waals surface area contributed by atoms with Gasteiger partial charge in [-0.2, -0.15) is 0 Å². The number of thiophene rings is 2. The highest BCUT2D eigenvalue weighted by molar-refractivity contribution is 7.26. The van der Waals surface area contributed by atoms with Gasteiger partial charge in [-0.25, -0.2) is 24.9 Å². The first-order valence-electron chi connectivity index (χ1n) is 18.5. The van der Waals surface area contributed by atoms with Crippen molar-refractivity contribution in [3.63, 3.8) is 0 Å². The van der Waals surface area contributed by atoms with E-state index in [1.807, 2.05) is 48.6 Å². The van der Waals surface area contributed by atoms with Crippen LogP contribution in [0.5, 0.6) is 0 Å². The van der Waals surface area contributed by atoms with E-state index in [0.29, 0.717) is 23.3 Å². The van der Waals surface area contributed by atoms with Crippen LogP contribution >= 0.6 is 22.7 Å². The van der Waals surface area contributed by atoms with Crippen molar-refractivity contribution in [2.24, 2.45) is 0 Å². The highest BCUT2D eigenvalue weighted by Gasteiger charge is 2.21. The summed E-state index contributed by atoms with van der Waals surface area (Å²) >= 11 is 3.50. The molecule has 5 nitrogen and oxygen atoms in total. The Labute approximate surface area is 332 Å². The molecule has 0 spiro atoms. The number of rotatable bonds is 9. The summed E-state index contributed by atoms with van der Waals surface area (Å²) in [7, 11) is 0. The molecule has 1 atom stereocenters. The van der Waals surface area contributed by atoms with Crippen LogP contribution in [-0.4, -0.2) is 24.9 Å². The summed E-state index contributed by atoms with van der Waals surface area (Å²) in [5, 5.41) is 3.40. The number of hydrogen-bond acceptors (Lipinski definition) is 7. The van der Waals surface area contributed by atoms with Crippen molar-refractivity contribution in [3.05, 3.63) is 177 Å². The maximum absolute atomic E-state index is 5.24. The van der Waals surface area contributed by atoms with Gasteiger partial charge in [-0.1, -0.05) is 140 Å². The summed E-state index contributed by atoms with van der Waals surface area (Å²) in [5.74, 6) is 2.64. The molecule has 6 aromatic carbocycles. The molecule has 10 rings (SSSR count). The molecule has 0 radical (unpaired) electrons. The number of nitrogens with zero attached hydrogens (tertiary/aromatic N) is 5. The highest BCUT2D eigenvalue weighted by atomic mass is 32.1. The lowest BCUT2D eigenvalue weighted by molar-refractivity contribution is 0.837. The standard InChI is InChI=1S/C49H33N5S2/c1-3-14-30(4-2)43-45-44(37-19-11-12-21-39(37)56-45)51-48(50-43)35-27-28-36-41(29-35)55-40-22-13-20-38(42(36)40)49-53-46(33-17-9-6-10-18-33)52-47(54-49)34-25-23-32(24-26-34)31-15-7-5-8-16-31/h3-13,15-30H,1-2,14H2. The average molecular weight is 756 g/mol. The van der Waals surface area contributed by atoms with E-state index in [4.69, 9.17) is 24.9 Å². The molecule has 56 heavy (non-hydrogen) atoms. The molecule has 0 saturated heterocycles. The molecule has 0 fully saturated rings. The van der Waals surface area contributed by atoms with Crippen molar-refractivity contribution in [2.75, 3.05) is 0 Å². The maximum atomic E-state index is 5.24. The van der Waals surface area contributed by atoms with E-state index in [-0.39, 0.29) is 5.92 Å². The number of fused-ring (bicyclic) bond motifs is 6. The zero-order valence-corrected chi connectivity index (χ0v) is 31.9. The Morgan fingerprint density at radius 1 is 0.482 bits per heavy atom. The van der Waals surface area contributed by atoms with E-state index in [9.17, 15) is 0 Å². The Hall–Kier alpha value is -6.67. The quantitative estimate of drug-likeness (QED) is 0.137. The van der Waals surface area contributed by atoms with Gasteiger partial charge in [-0.05, 0) is 35.7 Å². The molecule has 1 unspecified atom stereocenters. The average Bonchev–Trinajstić information content (AvgIpc) is 3.84. The Bertz CT molecular complexity index is 3090. The van der Waals surface area contributed by atoms with Crippen molar-refractivity contribution >= 4 is 63.1 Å². The molecule has 7 heteroatoms. The highest BCUT2D eigenvalue weighted by Crippen LogP contribution is 2.43. The third-order valence-electron chi connectivity index (χ3n) is 10.2. The van der Waals surface area contributed by atoms with E-state index in [0.717, 1.165) is 75.7 Å². The minimum Gasteiger partial charge on any atom is -0.231 e. The lowest BCUT2D eigenvalue weighted by Crippen LogP contribution is -2.01. The van der Waals surface area contributed by atoms with Crippen LogP contribution in [0, 0.1) is 0 Å². The van der Waals surface area contributed by atoms with Crippen LogP contribution in [-0.2, 0) is 0 Å². The predicted octanol–water partition coefficient (Wildman–Crippen LogP) is 13.6. The third kappa shape index (κ3) is 5.98.